The summed E-state index contributed by atoms with van der Waals surface area (Å²) < 4.78 is 13.0. The first-order chi connectivity index (χ1) is 8.61. The lowest BCUT2D eigenvalue weighted by Gasteiger charge is -2.32. The molecule has 5 heteroatoms. The number of halogens is 1. The predicted molar refractivity (Wildman–Crippen MR) is 66.4 cm³/mol. The van der Waals surface area contributed by atoms with E-state index in [1.165, 1.54) is 0 Å². The second kappa shape index (κ2) is 5.33. The Morgan fingerprint density at radius 1 is 1.56 bits per heavy atom. The molecule has 1 aromatic rings. The molecular weight excluding hydrogens is 235 g/mol. The van der Waals surface area contributed by atoms with Crippen LogP contribution >= 0.6 is 0 Å². The van der Waals surface area contributed by atoms with Crippen LogP contribution < -0.4 is 4.90 Å². The molecule has 2 rings (SSSR count). The zero-order valence-corrected chi connectivity index (χ0v) is 10.4. The van der Waals surface area contributed by atoms with E-state index in [1.807, 2.05) is 4.90 Å². The van der Waals surface area contributed by atoms with E-state index in [0.717, 1.165) is 44.6 Å². The number of carbonyl (C=O) groups is 1. The molecule has 0 aliphatic carbocycles. The van der Waals surface area contributed by atoms with E-state index in [2.05, 4.69) is 11.9 Å². The molecule has 1 aliphatic rings. The van der Waals surface area contributed by atoms with Crippen LogP contribution in [-0.2, 0) is 0 Å². The van der Waals surface area contributed by atoms with Gasteiger partial charge in [0.2, 0.25) is 0 Å². The van der Waals surface area contributed by atoms with Gasteiger partial charge in [-0.1, -0.05) is 13.3 Å². The van der Waals surface area contributed by atoms with Crippen molar-refractivity contribution >= 4 is 11.8 Å². The Morgan fingerprint density at radius 2 is 2.22 bits per heavy atom. The maximum atomic E-state index is 13.0. The van der Waals surface area contributed by atoms with Crippen molar-refractivity contribution < 1.29 is 14.3 Å². The monoisotopic (exact) mass is 252 g/mol. The Bertz CT molecular complexity index is 443. The minimum Gasteiger partial charge on any atom is -0.478 e. The summed E-state index contributed by atoms with van der Waals surface area (Å²) in [5.41, 5.74) is -0.0510. The van der Waals surface area contributed by atoms with Crippen LogP contribution in [0.25, 0.3) is 0 Å². The molecular formula is C13H17FN2O2. The lowest BCUT2D eigenvalue weighted by atomic mass is 9.94. The van der Waals surface area contributed by atoms with Crippen molar-refractivity contribution in [3.63, 3.8) is 0 Å². The van der Waals surface area contributed by atoms with Crippen molar-refractivity contribution in [2.45, 2.75) is 26.2 Å². The topological polar surface area (TPSA) is 53.4 Å². The van der Waals surface area contributed by atoms with Gasteiger partial charge in [-0.25, -0.2) is 14.2 Å². The van der Waals surface area contributed by atoms with Crippen LogP contribution in [0.4, 0.5) is 10.2 Å². The lowest BCUT2D eigenvalue weighted by molar-refractivity contribution is 0.0696. The average Bonchev–Trinajstić information content (AvgIpc) is 2.39. The Morgan fingerprint density at radius 3 is 2.78 bits per heavy atom. The predicted octanol–water partition coefficient (Wildman–Crippen LogP) is 2.55. The van der Waals surface area contributed by atoms with Crippen molar-refractivity contribution in [2.24, 2.45) is 5.92 Å². The highest BCUT2D eigenvalue weighted by Crippen LogP contribution is 2.26. The standard InChI is InChI=1S/C13H17FN2O2/c1-2-9-3-5-16(6-4-9)12-11(13(17)18)7-10(14)8-15-12/h7-9H,2-6H2,1H3,(H,17,18). The number of anilines is 1. The number of nitrogens with zero attached hydrogens (tertiary/aromatic N) is 2. The van der Waals surface area contributed by atoms with E-state index in [0.29, 0.717) is 11.7 Å². The summed E-state index contributed by atoms with van der Waals surface area (Å²) in [4.78, 5) is 17.0. The minimum absolute atomic E-state index is 0.0510. The Labute approximate surface area is 105 Å². The molecule has 1 aromatic heterocycles. The van der Waals surface area contributed by atoms with Crippen molar-refractivity contribution in [2.75, 3.05) is 18.0 Å². The Balaban J connectivity index is 2.21. The minimum atomic E-state index is -1.13. The highest BCUT2D eigenvalue weighted by molar-refractivity contribution is 5.93. The van der Waals surface area contributed by atoms with Gasteiger partial charge in [0, 0.05) is 13.1 Å². The number of carboxylic acid groups (broad SMARTS) is 1. The first-order valence-corrected chi connectivity index (χ1v) is 6.25. The summed E-state index contributed by atoms with van der Waals surface area (Å²) in [7, 11) is 0. The molecule has 0 unspecified atom stereocenters. The highest BCUT2D eigenvalue weighted by Gasteiger charge is 2.23. The molecule has 0 bridgehead atoms. The SMILES string of the molecule is CCC1CCN(c2ncc(F)cc2C(=O)O)CC1. The Hall–Kier alpha value is -1.65. The fourth-order valence-electron chi connectivity index (χ4n) is 2.39. The van der Waals surface area contributed by atoms with E-state index in [4.69, 9.17) is 5.11 Å². The second-order valence-corrected chi connectivity index (χ2v) is 4.67. The van der Waals surface area contributed by atoms with Gasteiger partial charge in [-0.05, 0) is 24.8 Å². The quantitative estimate of drug-likeness (QED) is 0.898. The van der Waals surface area contributed by atoms with Gasteiger partial charge in [-0.15, -0.1) is 0 Å². The number of hydrogen-bond acceptors (Lipinski definition) is 3. The third-order valence-corrected chi connectivity index (χ3v) is 3.56. The van der Waals surface area contributed by atoms with E-state index in [9.17, 15) is 9.18 Å². The lowest BCUT2D eigenvalue weighted by Crippen LogP contribution is -2.35. The van der Waals surface area contributed by atoms with Gasteiger partial charge in [0.25, 0.3) is 0 Å². The van der Waals surface area contributed by atoms with E-state index in [1.54, 1.807) is 0 Å². The van der Waals surface area contributed by atoms with Crippen molar-refractivity contribution in [1.82, 2.24) is 4.98 Å². The molecule has 0 radical (unpaired) electrons. The molecule has 0 spiro atoms. The molecule has 4 nitrogen and oxygen atoms in total. The molecule has 0 aromatic carbocycles. The largest absolute Gasteiger partial charge is 0.478 e. The first kappa shape index (κ1) is 12.8. The first-order valence-electron chi connectivity index (χ1n) is 6.25. The van der Waals surface area contributed by atoms with Crippen LogP contribution in [0.5, 0.6) is 0 Å². The van der Waals surface area contributed by atoms with Crippen LogP contribution in [0.3, 0.4) is 0 Å². The molecule has 1 N–H and O–H groups in total. The van der Waals surface area contributed by atoms with Crippen molar-refractivity contribution in [3.05, 3.63) is 23.6 Å². The molecule has 2 heterocycles. The maximum Gasteiger partial charge on any atom is 0.339 e. The molecule has 0 amide bonds. The molecule has 98 valence electrons. The van der Waals surface area contributed by atoms with Crippen LogP contribution in [0, 0.1) is 11.7 Å². The number of aromatic carboxylic acids is 1. The fraction of sp³-hybridized carbons (Fsp3) is 0.538. The normalized spacial score (nSPS) is 16.9. The van der Waals surface area contributed by atoms with E-state index in [-0.39, 0.29) is 5.56 Å². The molecule has 0 saturated carbocycles. The van der Waals surface area contributed by atoms with Gasteiger partial charge in [0.1, 0.15) is 17.2 Å². The summed E-state index contributed by atoms with van der Waals surface area (Å²) in [6.07, 6.45) is 4.30. The van der Waals surface area contributed by atoms with Crippen LogP contribution in [-0.4, -0.2) is 29.1 Å². The van der Waals surface area contributed by atoms with Crippen LogP contribution in [0.15, 0.2) is 12.3 Å². The van der Waals surface area contributed by atoms with Gasteiger partial charge < -0.3 is 10.0 Å². The maximum absolute atomic E-state index is 13.0. The number of hydrogen-bond donors (Lipinski definition) is 1. The van der Waals surface area contributed by atoms with Crippen LogP contribution in [0.2, 0.25) is 0 Å². The smallest absolute Gasteiger partial charge is 0.339 e. The van der Waals surface area contributed by atoms with E-state index >= 15 is 0 Å². The van der Waals surface area contributed by atoms with Gasteiger partial charge in [-0.3, -0.25) is 0 Å². The average molecular weight is 252 g/mol. The number of piperidine rings is 1. The van der Waals surface area contributed by atoms with Gasteiger partial charge >= 0.3 is 5.97 Å². The van der Waals surface area contributed by atoms with Gasteiger partial charge in [0.15, 0.2) is 0 Å². The number of aromatic nitrogens is 1. The molecule has 0 atom stereocenters. The van der Waals surface area contributed by atoms with Gasteiger partial charge in [-0.2, -0.15) is 0 Å². The molecule has 18 heavy (non-hydrogen) atoms. The van der Waals surface area contributed by atoms with Gasteiger partial charge in [0.05, 0.1) is 6.20 Å². The summed E-state index contributed by atoms with van der Waals surface area (Å²) >= 11 is 0. The third kappa shape index (κ3) is 2.60. The third-order valence-electron chi connectivity index (χ3n) is 3.56. The molecule has 1 saturated heterocycles. The summed E-state index contributed by atoms with van der Waals surface area (Å²) in [5, 5.41) is 9.09. The second-order valence-electron chi connectivity index (χ2n) is 4.67. The number of pyridine rings is 1. The van der Waals surface area contributed by atoms with Crippen molar-refractivity contribution in [1.29, 1.82) is 0 Å². The zero-order valence-electron chi connectivity index (χ0n) is 10.4. The summed E-state index contributed by atoms with van der Waals surface area (Å²) in [6, 6.07) is 1.04. The highest BCUT2D eigenvalue weighted by atomic mass is 19.1. The van der Waals surface area contributed by atoms with Crippen molar-refractivity contribution in [3.8, 4) is 0 Å². The fourth-order valence-corrected chi connectivity index (χ4v) is 2.39. The molecule has 1 aliphatic heterocycles. The number of rotatable bonds is 3. The molecule has 1 fully saturated rings. The van der Waals surface area contributed by atoms with Crippen LogP contribution in [0.1, 0.15) is 36.5 Å². The summed E-state index contributed by atoms with van der Waals surface area (Å²) in [6.45, 7) is 3.74. The zero-order chi connectivity index (χ0) is 13.1. The summed E-state index contributed by atoms with van der Waals surface area (Å²) in [5.74, 6) is -0.650. The Kier molecular flexibility index (Phi) is 3.79. The van der Waals surface area contributed by atoms with E-state index < -0.39 is 11.8 Å². The number of carboxylic acids is 1.